The quantitative estimate of drug-likeness (QED) is 0.616. The van der Waals surface area contributed by atoms with Gasteiger partial charge in [0.05, 0.1) is 4.92 Å². The third-order valence-corrected chi connectivity index (χ3v) is 5.19. The zero-order valence-corrected chi connectivity index (χ0v) is 13.5. The Bertz CT molecular complexity index is 614. The average Bonchev–Trinajstić information content (AvgIpc) is 2.38. The Morgan fingerprint density at radius 3 is 2.38 bits per heavy atom. The van der Waals surface area contributed by atoms with Crippen molar-refractivity contribution in [1.29, 1.82) is 0 Å². The maximum atomic E-state index is 12.7. The van der Waals surface area contributed by atoms with E-state index in [1.54, 1.807) is 20.8 Å². The minimum Gasteiger partial charge on any atom is -0.385 e. The van der Waals surface area contributed by atoms with Crippen molar-refractivity contribution in [1.82, 2.24) is 4.31 Å². The van der Waals surface area contributed by atoms with Gasteiger partial charge in [0.25, 0.3) is 5.69 Å². The predicted molar refractivity (Wildman–Crippen MR) is 82.0 cm³/mol. The second kappa shape index (κ2) is 6.86. The zero-order chi connectivity index (χ0) is 16.2. The lowest BCUT2D eigenvalue weighted by Crippen LogP contribution is -2.37. The number of nitro groups is 1. The van der Waals surface area contributed by atoms with E-state index in [0.29, 0.717) is 12.2 Å². The molecule has 118 valence electrons. The van der Waals surface area contributed by atoms with Crippen LogP contribution in [0.4, 0.5) is 11.4 Å². The van der Waals surface area contributed by atoms with Crippen molar-refractivity contribution < 1.29 is 13.3 Å². The fourth-order valence-electron chi connectivity index (χ4n) is 2.12. The fourth-order valence-corrected chi connectivity index (χ4v) is 3.96. The first-order valence-corrected chi connectivity index (χ1v) is 8.23. The van der Waals surface area contributed by atoms with Crippen LogP contribution < -0.4 is 5.32 Å². The highest BCUT2D eigenvalue weighted by Gasteiger charge is 2.32. The molecule has 0 amide bonds. The SMILES string of the molecule is CCNc1ccc([N+](=O)[O-])c(S(=O)(=O)N(CC)C(C)C)c1. The van der Waals surface area contributed by atoms with E-state index in [2.05, 4.69) is 5.32 Å². The standard InChI is InChI=1S/C13H21N3O4S/c1-5-14-11-7-8-12(16(17)18)13(9-11)21(19,20)15(6-2)10(3)4/h7-10,14H,5-6H2,1-4H3. The molecule has 1 aromatic carbocycles. The summed E-state index contributed by atoms with van der Waals surface area (Å²) in [7, 11) is -3.92. The van der Waals surface area contributed by atoms with Crippen LogP contribution in [0.25, 0.3) is 0 Å². The van der Waals surface area contributed by atoms with E-state index < -0.39 is 20.6 Å². The minimum atomic E-state index is -3.92. The molecule has 0 fully saturated rings. The number of nitrogens with one attached hydrogen (secondary N) is 1. The van der Waals surface area contributed by atoms with Crippen molar-refractivity contribution in [2.75, 3.05) is 18.4 Å². The molecule has 0 saturated heterocycles. The Morgan fingerprint density at radius 1 is 1.33 bits per heavy atom. The molecule has 8 heteroatoms. The van der Waals surface area contributed by atoms with Crippen LogP contribution >= 0.6 is 0 Å². The molecule has 1 N–H and O–H groups in total. The third-order valence-electron chi connectivity index (χ3n) is 3.01. The number of hydrogen-bond donors (Lipinski definition) is 1. The van der Waals surface area contributed by atoms with Gasteiger partial charge in [0, 0.05) is 30.9 Å². The van der Waals surface area contributed by atoms with Crippen molar-refractivity contribution >= 4 is 21.4 Å². The Hall–Kier alpha value is -1.67. The molecule has 7 nitrogen and oxygen atoms in total. The monoisotopic (exact) mass is 315 g/mol. The maximum Gasteiger partial charge on any atom is 0.289 e. The maximum absolute atomic E-state index is 12.7. The van der Waals surface area contributed by atoms with Crippen molar-refractivity contribution in [2.45, 2.75) is 38.6 Å². The summed E-state index contributed by atoms with van der Waals surface area (Å²) >= 11 is 0. The van der Waals surface area contributed by atoms with Gasteiger partial charge in [-0.05, 0) is 32.9 Å². The molecule has 1 rings (SSSR count). The van der Waals surface area contributed by atoms with Crippen molar-refractivity contribution in [3.63, 3.8) is 0 Å². The van der Waals surface area contributed by atoms with Gasteiger partial charge in [-0.3, -0.25) is 10.1 Å². The topological polar surface area (TPSA) is 92.5 Å². The predicted octanol–water partition coefficient (Wildman–Crippen LogP) is 2.45. The van der Waals surface area contributed by atoms with Crippen molar-refractivity contribution in [2.24, 2.45) is 0 Å². The summed E-state index contributed by atoms with van der Waals surface area (Å²) in [6, 6.07) is 3.77. The van der Waals surface area contributed by atoms with Crippen molar-refractivity contribution in [3.8, 4) is 0 Å². The second-order valence-corrected chi connectivity index (χ2v) is 6.63. The molecule has 0 saturated carbocycles. The van der Waals surface area contributed by atoms with Gasteiger partial charge in [0.15, 0.2) is 4.90 Å². The van der Waals surface area contributed by atoms with Crippen molar-refractivity contribution in [3.05, 3.63) is 28.3 Å². The molecule has 0 aliphatic heterocycles. The van der Waals surface area contributed by atoms with E-state index in [9.17, 15) is 18.5 Å². The third kappa shape index (κ3) is 3.70. The van der Waals surface area contributed by atoms with Crippen LogP contribution in [0.5, 0.6) is 0 Å². The summed E-state index contributed by atoms with van der Waals surface area (Å²) in [5, 5.41) is 14.1. The molecule has 0 aromatic heterocycles. The van der Waals surface area contributed by atoms with Crippen LogP contribution in [0.1, 0.15) is 27.7 Å². The van der Waals surface area contributed by atoms with Crippen LogP contribution in [0, 0.1) is 10.1 Å². The Kier molecular flexibility index (Phi) is 5.68. The highest BCUT2D eigenvalue weighted by molar-refractivity contribution is 7.89. The number of rotatable bonds is 7. The van der Waals surface area contributed by atoms with Crippen LogP contribution in [-0.4, -0.2) is 36.8 Å². The first-order valence-electron chi connectivity index (χ1n) is 6.79. The Labute approximate surface area is 125 Å². The molecule has 0 aliphatic rings. The Balaban J connectivity index is 3.50. The summed E-state index contributed by atoms with van der Waals surface area (Å²) in [6.07, 6.45) is 0. The lowest BCUT2D eigenvalue weighted by Gasteiger charge is -2.24. The smallest absolute Gasteiger partial charge is 0.289 e. The largest absolute Gasteiger partial charge is 0.385 e. The highest BCUT2D eigenvalue weighted by Crippen LogP contribution is 2.30. The Morgan fingerprint density at radius 2 is 1.95 bits per heavy atom. The van der Waals surface area contributed by atoms with Crippen LogP contribution in [0.3, 0.4) is 0 Å². The molecule has 0 bridgehead atoms. The zero-order valence-electron chi connectivity index (χ0n) is 12.7. The van der Waals surface area contributed by atoms with E-state index >= 15 is 0 Å². The highest BCUT2D eigenvalue weighted by atomic mass is 32.2. The number of nitro benzene ring substituents is 1. The molecule has 0 aliphatic carbocycles. The van der Waals surface area contributed by atoms with Gasteiger partial charge < -0.3 is 5.32 Å². The minimum absolute atomic E-state index is 0.253. The molecule has 0 atom stereocenters. The molecule has 0 unspecified atom stereocenters. The lowest BCUT2D eigenvalue weighted by molar-refractivity contribution is -0.387. The lowest BCUT2D eigenvalue weighted by atomic mass is 10.3. The first kappa shape index (κ1) is 17.4. The van der Waals surface area contributed by atoms with E-state index in [-0.39, 0.29) is 17.5 Å². The van der Waals surface area contributed by atoms with Gasteiger partial charge in [0.2, 0.25) is 10.0 Å². The summed E-state index contributed by atoms with van der Waals surface area (Å²) in [5.74, 6) is 0. The van der Waals surface area contributed by atoms with E-state index in [4.69, 9.17) is 0 Å². The van der Waals surface area contributed by atoms with Crippen LogP contribution in [-0.2, 0) is 10.0 Å². The number of nitrogens with zero attached hydrogens (tertiary/aromatic N) is 2. The van der Waals surface area contributed by atoms with E-state index in [1.807, 2.05) is 6.92 Å². The van der Waals surface area contributed by atoms with Gasteiger partial charge in [-0.1, -0.05) is 6.92 Å². The van der Waals surface area contributed by atoms with Gasteiger partial charge in [0.1, 0.15) is 0 Å². The van der Waals surface area contributed by atoms with Gasteiger partial charge >= 0.3 is 0 Å². The van der Waals surface area contributed by atoms with E-state index in [1.165, 1.54) is 22.5 Å². The number of hydrogen-bond acceptors (Lipinski definition) is 5. The second-order valence-electron chi connectivity index (χ2n) is 4.77. The first-order chi connectivity index (χ1) is 9.75. The fraction of sp³-hybridized carbons (Fsp3) is 0.538. The normalized spacial score (nSPS) is 11.9. The summed E-state index contributed by atoms with van der Waals surface area (Å²) in [5.41, 5.74) is 0.136. The summed E-state index contributed by atoms with van der Waals surface area (Å²) in [4.78, 5) is 10.2. The summed E-state index contributed by atoms with van der Waals surface area (Å²) < 4.78 is 26.6. The average molecular weight is 315 g/mol. The van der Waals surface area contributed by atoms with Gasteiger partial charge in [-0.25, -0.2) is 8.42 Å². The van der Waals surface area contributed by atoms with Gasteiger partial charge in [-0.2, -0.15) is 4.31 Å². The van der Waals surface area contributed by atoms with Gasteiger partial charge in [-0.15, -0.1) is 0 Å². The number of benzene rings is 1. The molecule has 1 aromatic rings. The molecule has 0 heterocycles. The summed E-state index contributed by atoms with van der Waals surface area (Å²) in [6.45, 7) is 7.89. The molecule has 21 heavy (non-hydrogen) atoms. The molecule has 0 spiro atoms. The van der Waals surface area contributed by atoms with E-state index in [0.717, 1.165) is 0 Å². The van der Waals surface area contributed by atoms with Crippen LogP contribution in [0.2, 0.25) is 0 Å². The number of anilines is 1. The molecular weight excluding hydrogens is 294 g/mol. The molecular formula is C13H21N3O4S. The number of sulfonamides is 1. The molecule has 0 radical (unpaired) electrons. The van der Waals surface area contributed by atoms with Crippen LogP contribution in [0.15, 0.2) is 23.1 Å².